The lowest BCUT2D eigenvalue weighted by molar-refractivity contribution is 0.0939. The van der Waals surface area contributed by atoms with Crippen molar-refractivity contribution in [2.75, 3.05) is 13.1 Å². The van der Waals surface area contributed by atoms with Crippen LogP contribution in [0.3, 0.4) is 0 Å². The fourth-order valence-corrected chi connectivity index (χ4v) is 3.45. The van der Waals surface area contributed by atoms with Crippen LogP contribution in [0.25, 0.3) is 0 Å². The predicted octanol–water partition coefficient (Wildman–Crippen LogP) is 2.56. The average Bonchev–Trinajstić information content (AvgIpc) is 2.96. The Labute approximate surface area is 145 Å². The van der Waals surface area contributed by atoms with Crippen molar-refractivity contribution < 1.29 is 9.18 Å². The maximum Gasteiger partial charge on any atom is 0.272 e. The van der Waals surface area contributed by atoms with E-state index in [4.69, 9.17) is 11.6 Å². The second kappa shape index (κ2) is 6.53. The normalized spacial score (nSPS) is 14.3. The minimum Gasteiger partial charge on any atom is -0.350 e. The summed E-state index contributed by atoms with van der Waals surface area (Å²) in [6, 6.07) is 4.60. The quantitative estimate of drug-likeness (QED) is 0.793. The van der Waals surface area contributed by atoms with Crippen LogP contribution < -0.4 is 10.6 Å². The van der Waals surface area contributed by atoms with Crippen LogP contribution in [-0.2, 0) is 18.4 Å². The van der Waals surface area contributed by atoms with Crippen LogP contribution in [0, 0.1) is 5.82 Å². The standard InChI is InChI=1S/C17H20ClFN4O/c1-17(2,14-11(18)4-3-5-12(14)19)9-21-16(24)15-10-8-20-7-6-13(10)22-23-15/h3-5,20H,6-9H2,1-2H3,(H,21,24)(H,22,23). The number of fused-ring (bicyclic) bond motifs is 1. The number of aromatic amines is 1. The third kappa shape index (κ3) is 3.16. The highest BCUT2D eigenvalue weighted by Gasteiger charge is 2.29. The van der Waals surface area contributed by atoms with Crippen LogP contribution in [0.1, 0.15) is 41.2 Å². The van der Waals surface area contributed by atoms with Gasteiger partial charge in [0.05, 0.1) is 0 Å². The van der Waals surface area contributed by atoms with E-state index in [0.717, 1.165) is 24.2 Å². The Hall–Kier alpha value is -1.92. The third-order valence-corrected chi connectivity index (χ3v) is 4.67. The van der Waals surface area contributed by atoms with E-state index in [1.807, 2.05) is 13.8 Å². The van der Waals surface area contributed by atoms with Gasteiger partial charge in [0.1, 0.15) is 5.82 Å². The molecule has 7 heteroatoms. The third-order valence-electron chi connectivity index (χ3n) is 4.35. The van der Waals surface area contributed by atoms with Crippen molar-refractivity contribution in [2.45, 2.75) is 32.2 Å². The molecule has 1 aliphatic rings. The van der Waals surface area contributed by atoms with Crippen molar-refractivity contribution in [3.05, 3.63) is 51.6 Å². The maximum atomic E-state index is 14.1. The molecule has 3 N–H and O–H groups in total. The van der Waals surface area contributed by atoms with Gasteiger partial charge in [-0.2, -0.15) is 5.10 Å². The van der Waals surface area contributed by atoms with Crippen molar-refractivity contribution in [3.8, 4) is 0 Å². The molecule has 2 aromatic rings. The van der Waals surface area contributed by atoms with Crippen LogP contribution in [-0.4, -0.2) is 29.2 Å². The predicted molar refractivity (Wildman–Crippen MR) is 90.8 cm³/mol. The first-order valence-electron chi connectivity index (χ1n) is 7.89. The fourth-order valence-electron chi connectivity index (χ4n) is 3.03. The number of halogens is 2. The van der Waals surface area contributed by atoms with Crippen LogP contribution >= 0.6 is 11.6 Å². The number of hydrogen-bond donors (Lipinski definition) is 3. The Morgan fingerprint density at radius 2 is 2.25 bits per heavy atom. The molecular formula is C17H20ClFN4O. The number of benzene rings is 1. The summed E-state index contributed by atoms with van der Waals surface area (Å²) in [5.41, 5.74) is 2.05. The van der Waals surface area contributed by atoms with Gasteiger partial charge in [-0.1, -0.05) is 31.5 Å². The minimum absolute atomic E-state index is 0.252. The van der Waals surface area contributed by atoms with E-state index in [1.54, 1.807) is 12.1 Å². The van der Waals surface area contributed by atoms with Gasteiger partial charge in [0.15, 0.2) is 5.69 Å². The Bertz CT molecular complexity index is 752. The van der Waals surface area contributed by atoms with Gasteiger partial charge in [0.25, 0.3) is 5.91 Å². The molecule has 0 saturated heterocycles. The molecule has 1 aliphatic heterocycles. The van der Waals surface area contributed by atoms with Crippen LogP contribution in [0.4, 0.5) is 4.39 Å². The second-order valence-corrected chi connectivity index (χ2v) is 7.03. The van der Waals surface area contributed by atoms with E-state index in [1.165, 1.54) is 6.07 Å². The lowest BCUT2D eigenvalue weighted by Crippen LogP contribution is -2.38. The fraction of sp³-hybridized carbons (Fsp3) is 0.412. The topological polar surface area (TPSA) is 69.8 Å². The summed E-state index contributed by atoms with van der Waals surface area (Å²) in [5.74, 6) is -0.639. The molecule has 0 aliphatic carbocycles. The minimum atomic E-state index is -0.646. The first-order valence-corrected chi connectivity index (χ1v) is 8.27. The number of carbonyl (C=O) groups excluding carboxylic acids is 1. The molecule has 0 fully saturated rings. The van der Waals surface area contributed by atoms with Gasteiger partial charge in [-0.05, 0) is 12.1 Å². The van der Waals surface area contributed by atoms with Gasteiger partial charge in [0, 0.05) is 53.3 Å². The van der Waals surface area contributed by atoms with Crippen molar-refractivity contribution in [1.29, 1.82) is 0 Å². The number of rotatable bonds is 4. The lowest BCUT2D eigenvalue weighted by Gasteiger charge is -2.27. The first-order chi connectivity index (χ1) is 11.4. The molecule has 0 bridgehead atoms. The molecule has 3 rings (SSSR count). The van der Waals surface area contributed by atoms with Gasteiger partial charge in [-0.15, -0.1) is 0 Å². The van der Waals surface area contributed by atoms with Gasteiger partial charge in [-0.3, -0.25) is 9.89 Å². The summed E-state index contributed by atoms with van der Waals surface area (Å²) in [7, 11) is 0. The second-order valence-electron chi connectivity index (χ2n) is 6.62. The van der Waals surface area contributed by atoms with Crippen molar-refractivity contribution in [1.82, 2.24) is 20.8 Å². The zero-order chi connectivity index (χ0) is 17.3. The number of aromatic nitrogens is 2. The van der Waals surface area contributed by atoms with Crippen LogP contribution in [0.5, 0.6) is 0 Å². The van der Waals surface area contributed by atoms with E-state index in [-0.39, 0.29) is 18.3 Å². The number of nitrogens with one attached hydrogen (secondary N) is 3. The van der Waals surface area contributed by atoms with Gasteiger partial charge in [-0.25, -0.2) is 4.39 Å². The highest BCUT2D eigenvalue weighted by atomic mass is 35.5. The summed E-state index contributed by atoms with van der Waals surface area (Å²) < 4.78 is 14.1. The lowest BCUT2D eigenvalue weighted by atomic mass is 9.84. The molecule has 0 atom stereocenters. The summed E-state index contributed by atoms with van der Waals surface area (Å²) in [6.07, 6.45) is 0.825. The van der Waals surface area contributed by atoms with E-state index >= 15 is 0 Å². The molecule has 0 unspecified atom stereocenters. The Morgan fingerprint density at radius 3 is 3.00 bits per heavy atom. The number of amides is 1. The van der Waals surface area contributed by atoms with E-state index in [0.29, 0.717) is 22.8 Å². The summed E-state index contributed by atoms with van der Waals surface area (Å²) >= 11 is 6.15. The molecule has 1 aromatic carbocycles. The number of H-pyrrole nitrogens is 1. The highest BCUT2D eigenvalue weighted by Crippen LogP contribution is 2.31. The molecule has 0 radical (unpaired) electrons. The van der Waals surface area contributed by atoms with E-state index in [2.05, 4.69) is 20.8 Å². The maximum absolute atomic E-state index is 14.1. The molecule has 1 amide bonds. The molecule has 0 saturated carbocycles. The first kappa shape index (κ1) is 16.9. The van der Waals surface area contributed by atoms with Gasteiger partial charge in [0.2, 0.25) is 0 Å². The number of carbonyl (C=O) groups is 1. The van der Waals surface area contributed by atoms with E-state index < -0.39 is 5.41 Å². The molecule has 128 valence electrons. The molecular weight excluding hydrogens is 331 g/mol. The smallest absolute Gasteiger partial charge is 0.272 e. The summed E-state index contributed by atoms with van der Waals surface area (Å²) in [5, 5.41) is 13.5. The van der Waals surface area contributed by atoms with Crippen molar-refractivity contribution >= 4 is 17.5 Å². The van der Waals surface area contributed by atoms with Crippen molar-refractivity contribution in [3.63, 3.8) is 0 Å². The van der Waals surface area contributed by atoms with Gasteiger partial charge >= 0.3 is 0 Å². The summed E-state index contributed by atoms with van der Waals surface area (Å²) in [6.45, 7) is 5.44. The monoisotopic (exact) mass is 350 g/mol. The molecule has 24 heavy (non-hydrogen) atoms. The van der Waals surface area contributed by atoms with Gasteiger partial charge < -0.3 is 10.6 Å². The molecule has 5 nitrogen and oxygen atoms in total. The van der Waals surface area contributed by atoms with Crippen molar-refractivity contribution in [2.24, 2.45) is 0 Å². The number of nitrogens with zero attached hydrogens (tertiary/aromatic N) is 1. The van der Waals surface area contributed by atoms with E-state index in [9.17, 15) is 9.18 Å². The molecule has 1 aromatic heterocycles. The molecule has 2 heterocycles. The van der Waals surface area contributed by atoms with Crippen LogP contribution in [0.2, 0.25) is 5.02 Å². The average molecular weight is 351 g/mol. The Balaban J connectivity index is 1.75. The number of hydrogen-bond acceptors (Lipinski definition) is 3. The Morgan fingerprint density at radius 1 is 1.46 bits per heavy atom. The zero-order valence-corrected chi connectivity index (χ0v) is 14.4. The Kier molecular flexibility index (Phi) is 4.60. The summed E-state index contributed by atoms with van der Waals surface area (Å²) in [4.78, 5) is 12.5. The molecule has 0 spiro atoms. The SMILES string of the molecule is CC(C)(CNC(=O)c1n[nH]c2c1CNCC2)c1c(F)cccc1Cl. The zero-order valence-electron chi connectivity index (χ0n) is 13.7. The largest absolute Gasteiger partial charge is 0.350 e. The van der Waals surface area contributed by atoms with Crippen LogP contribution in [0.15, 0.2) is 18.2 Å². The highest BCUT2D eigenvalue weighted by molar-refractivity contribution is 6.31.